The number of alkyl carbamates (subject to hydrolysis) is 2. The highest BCUT2D eigenvalue weighted by Gasteiger charge is 2.43. The Morgan fingerprint density at radius 2 is 1.17 bits per heavy atom. The van der Waals surface area contributed by atoms with Crippen molar-refractivity contribution in [2.45, 2.75) is 50.4 Å². The standard InChI is InChI=1S/C16H22F8N2O4/c17-11(18)15(21,22)7-29-13(27)25-5-9-2-1-3-10(4-9)6-26-14(28)30-8-16(23,24)12(19)20/h9-12H,1-8H2,(H,25,27)(H,26,28)/t9-,10?/m0/s1. The highest BCUT2D eigenvalue weighted by Crippen LogP contribution is 2.28. The fourth-order valence-corrected chi connectivity index (χ4v) is 2.78. The van der Waals surface area contributed by atoms with Gasteiger partial charge < -0.3 is 20.1 Å². The predicted octanol–water partition coefficient (Wildman–Crippen LogP) is 4.05. The van der Waals surface area contributed by atoms with Gasteiger partial charge in [0.05, 0.1) is 0 Å². The molecule has 0 aromatic heterocycles. The average molecular weight is 458 g/mol. The highest BCUT2D eigenvalue weighted by molar-refractivity contribution is 5.67. The Bertz CT molecular complexity index is 519. The van der Waals surface area contributed by atoms with Crippen LogP contribution in [0.25, 0.3) is 0 Å². The third-order valence-electron chi connectivity index (χ3n) is 4.39. The second-order valence-electron chi connectivity index (χ2n) is 6.94. The molecular formula is C16H22F8N2O4. The molecule has 176 valence electrons. The van der Waals surface area contributed by atoms with E-state index in [1.54, 1.807) is 0 Å². The zero-order valence-corrected chi connectivity index (χ0v) is 15.6. The van der Waals surface area contributed by atoms with Crippen LogP contribution in [0.2, 0.25) is 0 Å². The Balaban J connectivity index is 2.29. The maximum absolute atomic E-state index is 12.7. The lowest BCUT2D eigenvalue weighted by atomic mass is 9.81. The molecule has 30 heavy (non-hydrogen) atoms. The minimum absolute atomic E-state index is 0.0145. The summed E-state index contributed by atoms with van der Waals surface area (Å²) in [6.07, 6.45) is -8.06. The van der Waals surface area contributed by atoms with Gasteiger partial charge in [0.25, 0.3) is 0 Å². The molecule has 2 atom stereocenters. The molecule has 1 fully saturated rings. The largest absolute Gasteiger partial charge is 0.443 e. The first kappa shape index (κ1) is 26.0. The number of alkyl halides is 8. The fourth-order valence-electron chi connectivity index (χ4n) is 2.78. The summed E-state index contributed by atoms with van der Waals surface area (Å²) in [5, 5.41) is 4.38. The van der Waals surface area contributed by atoms with E-state index in [4.69, 9.17) is 0 Å². The molecule has 6 nitrogen and oxygen atoms in total. The zero-order valence-electron chi connectivity index (χ0n) is 15.6. The van der Waals surface area contributed by atoms with Gasteiger partial charge in [-0.3, -0.25) is 0 Å². The van der Waals surface area contributed by atoms with E-state index in [1.165, 1.54) is 0 Å². The molecule has 0 saturated heterocycles. The molecule has 1 unspecified atom stereocenters. The summed E-state index contributed by atoms with van der Waals surface area (Å²) in [4.78, 5) is 22.7. The quantitative estimate of drug-likeness (QED) is 0.485. The molecule has 0 spiro atoms. The Labute approximate surface area is 166 Å². The third-order valence-corrected chi connectivity index (χ3v) is 4.39. The van der Waals surface area contributed by atoms with Crippen LogP contribution >= 0.6 is 0 Å². The summed E-state index contributed by atoms with van der Waals surface area (Å²) in [5.41, 5.74) is 0. The molecular weight excluding hydrogens is 436 g/mol. The van der Waals surface area contributed by atoms with Gasteiger partial charge in [-0.1, -0.05) is 6.42 Å². The molecule has 14 heteroatoms. The van der Waals surface area contributed by atoms with E-state index in [0.29, 0.717) is 25.7 Å². The van der Waals surface area contributed by atoms with Gasteiger partial charge >= 0.3 is 36.9 Å². The molecule has 0 bridgehead atoms. The first-order valence-corrected chi connectivity index (χ1v) is 8.96. The molecule has 0 aromatic carbocycles. The lowest BCUT2D eigenvalue weighted by Crippen LogP contribution is -2.39. The predicted molar refractivity (Wildman–Crippen MR) is 86.1 cm³/mol. The van der Waals surface area contributed by atoms with E-state index < -0.39 is 50.1 Å². The van der Waals surface area contributed by atoms with Crippen molar-refractivity contribution < 1.29 is 54.2 Å². The number of rotatable bonds is 10. The zero-order chi connectivity index (χ0) is 22.9. The van der Waals surface area contributed by atoms with E-state index in [0.717, 1.165) is 0 Å². The number of amides is 2. The normalized spacial score (nSPS) is 20.2. The molecule has 0 heterocycles. The monoisotopic (exact) mass is 458 g/mol. The van der Waals surface area contributed by atoms with Crippen molar-refractivity contribution >= 4 is 12.2 Å². The van der Waals surface area contributed by atoms with Crippen molar-refractivity contribution in [3.63, 3.8) is 0 Å². The number of carbonyl (C=O) groups excluding carboxylic acids is 2. The first-order valence-electron chi connectivity index (χ1n) is 8.96. The molecule has 1 aliphatic rings. The molecule has 1 aliphatic carbocycles. The van der Waals surface area contributed by atoms with E-state index in [1.807, 2.05) is 0 Å². The van der Waals surface area contributed by atoms with Gasteiger partial charge in [-0.2, -0.15) is 17.6 Å². The van der Waals surface area contributed by atoms with Gasteiger partial charge in [-0.05, 0) is 31.1 Å². The summed E-state index contributed by atoms with van der Waals surface area (Å²) in [5.74, 6) is -9.17. The van der Waals surface area contributed by atoms with Crippen molar-refractivity contribution in [1.82, 2.24) is 10.6 Å². The second-order valence-corrected chi connectivity index (χ2v) is 6.94. The molecule has 1 saturated carbocycles. The second kappa shape index (κ2) is 11.4. The van der Waals surface area contributed by atoms with E-state index in [2.05, 4.69) is 20.1 Å². The van der Waals surface area contributed by atoms with Gasteiger partial charge in [0, 0.05) is 13.1 Å². The smallest absolute Gasteiger partial charge is 0.407 e. The number of carbonyl (C=O) groups is 2. The van der Waals surface area contributed by atoms with Crippen molar-refractivity contribution in [3.05, 3.63) is 0 Å². The topological polar surface area (TPSA) is 76.7 Å². The van der Waals surface area contributed by atoms with E-state index >= 15 is 0 Å². The highest BCUT2D eigenvalue weighted by atomic mass is 19.3. The van der Waals surface area contributed by atoms with Crippen molar-refractivity contribution in [1.29, 1.82) is 0 Å². The molecule has 0 radical (unpaired) electrons. The van der Waals surface area contributed by atoms with Crippen LogP contribution in [0.5, 0.6) is 0 Å². The van der Waals surface area contributed by atoms with Gasteiger partial charge in [0.1, 0.15) is 0 Å². The minimum Gasteiger partial charge on any atom is -0.443 e. The first-order chi connectivity index (χ1) is 13.8. The van der Waals surface area contributed by atoms with Crippen molar-refractivity contribution in [2.24, 2.45) is 11.8 Å². The Kier molecular flexibility index (Phi) is 9.88. The van der Waals surface area contributed by atoms with E-state index in [-0.39, 0.29) is 24.9 Å². The maximum atomic E-state index is 12.7. The third kappa shape index (κ3) is 9.20. The van der Waals surface area contributed by atoms with Crippen molar-refractivity contribution in [3.8, 4) is 0 Å². The summed E-state index contributed by atoms with van der Waals surface area (Å²) >= 11 is 0. The summed E-state index contributed by atoms with van der Waals surface area (Å²) < 4.78 is 107. The van der Waals surface area contributed by atoms with Crippen LogP contribution in [0.4, 0.5) is 44.7 Å². The number of halogens is 8. The summed E-state index contributed by atoms with van der Waals surface area (Å²) in [7, 11) is 0. The Morgan fingerprint density at radius 1 is 0.800 bits per heavy atom. The molecule has 0 aliphatic heterocycles. The molecule has 1 rings (SSSR count). The molecule has 0 aromatic rings. The van der Waals surface area contributed by atoms with Gasteiger partial charge in [0.2, 0.25) is 0 Å². The SMILES string of the molecule is O=C(NCC1CCC[C@H](CNC(=O)OCC(F)(F)C(F)F)C1)OCC(F)(F)C(F)F. The van der Waals surface area contributed by atoms with Crippen LogP contribution in [0.1, 0.15) is 25.7 Å². The van der Waals surface area contributed by atoms with Crippen LogP contribution in [-0.4, -0.2) is 63.2 Å². The van der Waals surface area contributed by atoms with Gasteiger partial charge in [-0.25, -0.2) is 27.2 Å². The number of hydrogen-bond acceptors (Lipinski definition) is 4. The van der Waals surface area contributed by atoms with E-state index in [9.17, 15) is 44.7 Å². The Hall–Kier alpha value is -2.02. The average Bonchev–Trinajstić information content (AvgIpc) is 2.67. The summed E-state index contributed by atoms with van der Waals surface area (Å²) in [6.45, 7) is -3.50. The molecule has 2 amide bonds. The lowest BCUT2D eigenvalue weighted by Gasteiger charge is -2.29. The van der Waals surface area contributed by atoms with Crippen LogP contribution in [0, 0.1) is 11.8 Å². The van der Waals surface area contributed by atoms with Gasteiger partial charge in [-0.15, -0.1) is 0 Å². The number of hydrogen-bond donors (Lipinski definition) is 2. The van der Waals surface area contributed by atoms with Crippen LogP contribution in [0.3, 0.4) is 0 Å². The molecule has 2 N–H and O–H groups in total. The summed E-state index contributed by atoms with van der Waals surface area (Å²) in [6, 6.07) is 0. The van der Waals surface area contributed by atoms with Crippen LogP contribution in [-0.2, 0) is 9.47 Å². The van der Waals surface area contributed by atoms with Crippen LogP contribution in [0.15, 0.2) is 0 Å². The lowest BCUT2D eigenvalue weighted by molar-refractivity contribution is -0.154. The van der Waals surface area contributed by atoms with Gasteiger partial charge in [0.15, 0.2) is 13.2 Å². The maximum Gasteiger partial charge on any atom is 0.407 e. The van der Waals surface area contributed by atoms with Crippen LogP contribution < -0.4 is 10.6 Å². The van der Waals surface area contributed by atoms with Crippen molar-refractivity contribution in [2.75, 3.05) is 26.3 Å². The number of ether oxygens (including phenoxy) is 2. The fraction of sp³-hybridized carbons (Fsp3) is 0.875. The Morgan fingerprint density at radius 3 is 1.50 bits per heavy atom. The minimum atomic E-state index is -4.45. The number of nitrogens with one attached hydrogen (secondary N) is 2.